The van der Waals surface area contributed by atoms with Crippen molar-refractivity contribution in [1.82, 2.24) is 15.8 Å². The summed E-state index contributed by atoms with van der Waals surface area (Å²) in [6, 6.07) is 0. The number of hydrogen-bond donors (Lipinski definition) is 2. The van der Waals surface area contributed by atoms with E-state index in [1.807, 2.05) is 7.05 Å². The number of hydrazine groups is 1. The molecule has 9 heavy (non-hydrogen) atoms. The molecule has 0 saturated carbocycles. The predicted octanol–water partition coefficient (Wildman–Crippen LogP) is 0.00810. The van der Waals surface area contributed by atoms with Crippen LogP contribution < -0.4 is 10.9 Å². The summed E-state index contributed by atoms with van der Waals surface area (Å²) >= 11 is 0. The second kappa shape index (κ2) is 4.73. The molecule has 0 spiro atoms. The van der Waals surface area contributed by atoms with Crippen LogP contribution in [0.5, 0.6) is 0 Å². The summed E-state index contributed by atoms with van der Waals surface area (Å²) in [6.07, 6.45) is 0.403. The average Bonchev–Trinajstić information content (AvgIpc) is 1.87. The molecular weight excluding hydrogens is 114 g/mol. The van der Waals surface area contributed by atoms with Crippen molar-refractivity contribution >= 4 is 0 Å². The fraction of sp³-hybridized carbons (Fsp3) is 1.00. The highest BCUT2D eigenvalue weighted by Crippen LogP contribution is 1.86. The van der Waals surface area contributed by atoms with Crippen LogP contribution in [0, 0.1) is 0 Å². The first-order valence-electron chi connectivity index (χ1n) is 3.34. The number of nitrogens with zero attached hydrogens (tertiary/aromatic N) is 1. The molecule has 1 atom stereocenters. The van der Waals surface area contributed by atoms with Crippen LogP contribution in [-0.2, 0) is 0 Å². The Labute approximate surface area is 57.4 Å². The summed E-state index contributed by atoms with van der Waals surface area (Å²) in [6.45, 7) is 5.31. The van der Waals surface area contributed by atoms with Crippen molar-refractivity contribution in [2.45, 2.75) is 20.0 Å². The molecule has 2 N–H and O–H groups in total. The molecule has 56 valence electrons. The van der Waals surface area contributed by atoms with Gasteiger partial charge in [0.2, 0.25) is 0 Å². The van der Waals surface area contributed by atoms with Crippen molar-refractivity contribution in [3.05, 3.63) is 0 Å². The van der Waals surface area contributed by atoms with Crippen LogP contribution in [0.1, 0.15) is 13.8 Å². The van der Waals surface area contributed by atoms with Crippen molar-refractivity contribution in [3.8, 4) is 0 Å². The molecule has 1 unspecified atom stereocenters. The molecule has 0 heterocycles. The van der Waals surface area contributed by atoms with E-state index in [0.717, 1.165) is 6.54 Å². The molecule has 3 nitrogen and oxygen atoms in total. The van der Waals surface area contributed by atoms with Gasteiger partial charge in [-0.2, -0.15) is 0 Å². The van der Waals surface area contributed by atoms with Gasteiger partial charge in [-0.15, -0.1) is 0 Å². The third kappa shape index (κ3) is 3.46. The zero-order valence-electron chi connectivity index (χ0n) is 6.73. The van der Waals surface area contributed by atoms with Gasteiger partial charge in [-0.25, -0.2) is 5.43 Å². The van der Waals surface area contributed by atoms with Gasteiger partial charge < -0.3 is 0 Å². The zero-order chi connectivity index (χ0) is 7.28. The van der Waals surface area contributed by atoms with Gasteiger partial charge in [0.15, 0.2) is 0 Å². The van der Waals surface area contributed by atoms with Gasteiger partial charge in [0.1, 0.15) is 0 Å². The predicted molar refractivity (Wildman–Crippen MR) is 40.0 cm³/mol. The smallest absolute Gasteiger partial charge is 0.0697 e. The lowest BCUT2D eigenvalue weighted by atomic mass is 10.5. The standard InChI is InChI=1S/C6H17N3/c1-5-9(4)6(2)8-7-3/h6-8H,5H2,1-4H3. The van der Waals surface area contributed by atoms with E-state index >= 15 is 0 Å². The fourth-order valence-corrected chi connectivity index (χ4v) is 0.593. The van der Waals surface area contributed by atoms with Crippen LogP contribution in [0.2, 0.25) is 0 Å². The van der Waals surface area contributed by atoms with Crippen LogP contribution in [0.4, 0.5) is 0 Å². The Hall–Kier alpha value is -0.120. The maximum absolute atomic E-state index is 3.07. The molecule has 0 aliphatic carbocycles. The lowest BCUT2D eigenvalue weighted by Crippen LogP contribution is -2.46. The normalized spacial score (nSPS) is 14.3. The van der Waals surface area contributed by atoms with E-state index < -0.39 is 0 Å². The van der Waals surface area contributed by atoms with E-state index in [1.165, 1.54) is 0 Å². The maximum Gasteiger partial charge on any atom is 0.0697 e. The van der Waals surface area contributed by atoms with Crippen molar-refractivity contribution in [2.75, 3.05) is 20.6 Å². The SMILES string of the molecule is CCN(C)C(C)NNC. The van der Waals surface area contributed by atoms with Crippen LogP contribution in [0.15, 0.2) is 0 Å². The van der Waals surface area contributed by atoms with Gasteiger partial charge in [0.05, 0.1) is 6.17 Å². The van der Waals surface area contributed by atoms with E-state index in [0.29, 0.717) is 6.17 Å². The zero-order valence-corrected chi connectivity index (χ0v) is 6.73. The lowest BCUT2D eigenvalue weighted by molar-refractivity contribution is 0.215. The Balaban J connectivity index is 3.32. The summed E-state index contributed by atoms with van der Waals surface area (Å²) in [7, 11) is 3.95. The van der Waals surface area contributed by atoms with E-state index in [1.54, 1.807) is 0 Å². The van der Waals surface area contributed by atoms with Gasteiger partial charge in [0, 0.05) is 0 Å². The molecule has 0 aromatic rings. The number of hydrogen-bond acceptors (Lipinski definition) is 3. The minimum absolute atomic E-state index is 0.403. The molecule has 0 radical (unpaired) electrons. The van der Waals surface area contributed by atoms with Crippen molar-refractivity contribution in [2.24, 2.45) is 0 Å². The molecule has 0 aromatic carbocycles. The van der Waals surface area contributed by atoms with Crippen LogP contribution in [0.25, 0.3) is 0 Å². The number of rotatable bonds is 4. The molecule has 0 rings (SSSR count). The first-order chi connectivity index (χ1) is 4.22. The van der Waals surface area contributed by atoms with Crippen LogP contribution >= 0.6 is 0 Å². The molecular formula is C6H17N3. The number of nitrogens with one attached hydrogen (secondary N) is 2. The lowest BCUT2D eigenvalue weighted by Gasteiger charge is -2.23. The molecule has 0 aliphatic heterocycles. The van der Waals surface area contributed by atoms with Gasteiger partial charge in [0.25, 0.3) is 0 Å². The molecule has 0 saturated heterocycles. The topological polar surface area (TPSA) is 27.3 Å². The van der Waals surface area contributed by atoms with Crippen LogP contribution in [0.3, 0.4) is 0 Å². The van der Waals surface area contributed by atoms with Gasteiger partial charge in [-0.05, 0) is 27.6 Å². The van der Waals surface area contributed by atoms with Crippen molar-refractivity contribution in [1.29, 1.82) is 0 Å². The highest BCUT2D eigenvalue weighted by molar-refractivity contribution is 4.53. The summed E-state index contributed by atoms with van der Waals surface area (Å²) in [5.74, 6) is 0. The van der Waals surface area contributed by atoms with Crippen molar-refractivity contribution in [3.63, 3.8) is 0 Å². The largest absolute Gasteiger partial charge is 0.291 e. The molecule has 3 heteroatoms. The van der Waals surface area contributed by atoms with E-state index in [2.05, 4.69) is 36.6 Å². The summed E-state index contributed by atoms with van der Waals surface area (Å²) in [5, 5.41) is 0. The fourth-order valence-electron chi connectivity index (χ4n) is 0.593. The van der Waals surface area contributed by atoms with Crippen molar-refractivity contribution < 1.29 is 0 Å². The third-order valence-electron chi connectivity index (χ3n) is 1.51. The second-order valence-electron chi connectivity index (χ2n) is 2.14. The van der Waals surface area contributed by atoms with Gasteiger partial charge in [-0.3, -0.25) is 10.3 Å². The minimum Gasteiger partial charge on any atom is -0.291 e. The Morgan fingerprint density at radius 2 is 2.11 bits per heavy atom. The quantitative estimate of drug-likeness (QED) is 0.415. The first-order valence-corrected chi connectivity index (χ1v) is 3.34. The minimum atomic E-state index is 0.403. The summed E-state index contributed by atoms with van der Waals surface area (Å²) in [5.41, 5.74) is 5.96. The highest BCUT2D eigenvalue weighted by atomic mass is 15.4. The highest BCUT2D eigenvalue weighted by Gasteiger charge is 2.02. The Morgan fingerprint density at radius 3 is 2.44 bits per heavy atom. The van der Waals surface area contributed by atoms with Crippen LogP contribution in [-0.4, -0.2) is 31.7 Å². The average molecular weight is 131 g/mol. The molecule has 0 amide bonds. The Bertz CT molecular complexity index is 65.3. The first kappa shape index (κ1) is 8.88. The van der Waals surface area contributed by atoms with Gasteiger partial charge in [-0.1, -0.05) is 6.92 Å². The molecule has 0 bridgehead atoms. The molecule has 0 aliphatic rings. The van der Waals surface area contributed by atoms with Gasteiger partial charge >= 0.3 is 0 Å². The van der Waals surface area contributed by atoms with E-state index in [9.17, 15) is 0 Å². The third-order valence-corrected chi connectivity index (χ3v) is 1.51. The second-order valence-corrected chi connectivity index (χ2v) is 2.14. The summed E-state index contributed by atoms with van der Waals surface area (Å²) in [4.78, 5) is 2.20. The Morgan fingerprint density at radius 1 is 1.56 bits per heavy atom. The molecule has 0 fully saturated rings. The van der Waals surface area contributed by atoms with E-state index in [4.69, 9.17) is 0 Å². The maximum atomic E-state index is 3.07. The molecule has 0 aromatic heterocycles. The Kier molecular flexibility index (Phi) is 4.67. The van der Waals surface area contributed by atoms with E-state index in [-0.39, 0.29) is 0 Å². The monoisotopic (exact) mass is 131 g/mol. The summed E-state index contributed by atoms with van der Waals surface area (Å²) < 4.78 is 0.